The Morgan fingerprint density at radius 3 is 1.94 bits per heavy atom. The summed E-state index contributed by atoms with van der Waals surface area (Å²) in [7, 11) is 0. The van der Waals surface area contributed by atoms with Gasteiger partial charge in [0.15, 0.2) is 0 Å². The van der Waals surface area contributed by atoms with Crippen LogP contribution in [0.15, 0.2) is 85.2 Å². The van der Waals surface area contributed by atoms with Gasteiger partial charge < -0.3 is 9.97 Å². The lowest BCUT2D eigenvalue weighted by Crippen LogP contribution is -2.22. The number of H-pyrrole nitrogens is 2. The molecule has 0 aliphatic carbocycles. The standard InChI is InChI=1S/C28H17N3O2/c32-27-25(21-15-29-23-9-5-4-8-19(21)23)26(28(33)31-27)22-16-30-24-13-12-18(14-20(22)24)11-10-17-6-2-1-3-7-17/h1-9,12-16,29-30H,(H,31,32,33). The van der Waals surface area contributed by atoms with Gasteiger partial charge in [0.25, 0.3) is 11.8 Å². The minimum Gasteiger partial charge on any atom is -0.361 e. The molecule has 6 rings (SSSR count). The maximum atomic E-state index is 12.9. The first-order valence-corrected chi connectivity index (χ1v) is 10.5. The van der Waals surface area contributed by atoms with Gasteiger partial charge in [-0.2, -0.15) is 0 Å². The van der Waals surface area contributed by atoms with Crippen LogP contribution in [0.3, 0.4) is 0 Å². The molecule has 3 heterocycles. The van der Waals surface area contributed by atoms with Crippen LogP contribution in [0.2, 0.25) is 0 Å². The molecule has 33 heavy (non-hydrogen) atoms. The molecule has 0 atom stereocenters. The summed E-state index contributed by atoms with van der Waals surface area (Å²) in [6.45, 7) is 0. The van der Waals surface area contributed by atoms with Crippen LogP contribution in [0.5, 0.6) is 0 Å². The molecular formula is C28H17N3O2. The number of rotatable bonds is 2. The molecule has 0 radical (unpaired) electrons. The van der Waals surface area contributed by atoms with E-state index in [1.54, 1.807) is 12.4 Å². The summed E-state index contributed by atoms with van der Waals surface area (Å²) in [5.74, 6) is 5.56. The molecule has 5 nitrogen and oxygen atoms in total. The third-order valence-corrected chi connectivity index (χ3v) is 5.87. The first-order valence-electron chi connectivity index (χ1n) is 10.5. The minimum absolute atomic E-state index is 0.365. The molecule has 1 aliphatic heterocycles. The summed E-state index contributed by atoms with van der Waals surface area (Å²) in [5.41, 5.74) is 5.65. The lowest BCUT2D eigenvalue weighted by atomic mass is 9.95. The van der Waals surface area contributed by atoms with Crippen molar-refractivity contribution in [2.45, 2.75) is 0 Å². The molecule has 0 fully saturated rings. The number of aromatic nitrogens is 2. The molecular weight excluding hydrogens is 410 g/mol. The second-order valence-corrected chi connectivity index (χ2v) is 7.86. The fourth-order valence-electron chi connectivity index (χ4n) is 4.32. The number of amides is 2. The highest BCUT2D eigenvalue weighted by Gasteiger charge is 2.34. The molecule has 0 spiro atoms. The number of para-hydroxylation sites is 1. The quantitative estimate of drug-likeness (QED) is 0.284. The average Bonchev–Trinajstić information content (AvgIpc) is 3.52. The minimum atomic E-state index is -0.401. The Kier molecular flexibility index (Phi) is 4.24. The predicted molar refractivity (Wildman–Crippen MR) is 129 cm³/mol. The normalized spacial score (nSPS) is 13.5. The van der Waals surface area contributed by atoms with Crippen molar-refractivity contribution in [2.24, 2.45) is 0 Å². The molecule has 3 N–H and O–H groups in total. The highest BCUT2D eigenvalue weighted by atomic mass is 16.2. The zero-order chi connectivity index (χ0) is 22.4. The number of nitrogens with one attached hydrogen (secondary N) is 3. The zero-order valence-electron chi connectivity index (χ0n) is 17.4. The Hall–Kier alpha value is -4.82. The van der Waals surface area contributed by atoms with Gasteiger partial charge in [-0.1, -0.05) is 48.2 Å². The van der Waals surface area contributed by atoms with Crippen LogP contribution >= 0.6 is 0 Å². The van der Waals surface area contributed by atoms with E-state index in [1.807, 2.05) is 72.8 Å². The smallest absolute Gasteiger partial charge is 0.259 e. The van der Waals surface area contributed by atoms with Gasteiger partial charge in [-0.25, -0.2) is 0 Å². The number of hydrogen-bond donors (Lipinski definition) is 3. The molecule has 2 aromatic heterocycles. The molecule has 156 valence electrons. The van der Waals surface area contributed by atoms with Crippen LogP contribution in [0.4, 0.5) is 0 Å². The van der Waals surface area contributed by atoms with Crippen molar-refractivity contribution >= 4 is 44.8 Å². The number of aromatic amines is 2. The topological polar surface area (TPSA) is 77.8 Å². The molecule has 2 amide bonds. The van der Waals surface area contributed by atoms with Gasteiger partial charge in [0.1, 0.15) is 0 Å². The van der Waals surface area contributed by atoms with Crippen LogP contribution in [0, 0.1) is 11.8 Å². The van der Waals surface area contributed by atoms with E-state index in [9.17, 15) is 9.59 Å². The second-order valence-electron chi connectivity index (χ2n) is 7.86. The van der Waals surface area contributed by atoms with Crippen molar-refractivity contribution in [3.05, 3.63) is 107 Å². The zero-order valence-corrected chi connectivity index (χ0v) is 17.4. The van der Waals surface area contributed by atoms with Crippen LogP contribution in [0.25, 0.3) is 33.0 Å². The summed E-state index contributed by atoms with van der Waals surface area (Å²) in [6, 6.07) is 23.3. The number of carbonyl (C=O) groups excluding carboxylic acids is 2. The van der Waals surface area contributed by atoms with Crippen molar-refractivity contribution in [3.8, 4) is 11.8 Å². The van der Waals surface area contributed by atoms with Gasteiger partial charge in [-0.15, -0.1) is 0 Å². The lowest BCUT2D eigenvalue weighted by Gasteiger charge is -2.03. The van der Waals surface area contributed by atoms with Crippen LogP contribution in [-0.2, 0) is 9.59 Å². The van der Waals surface area contributed by atoms with Crippen molar-refractivity contribution in [1.29, 1.82) is 0 Å². The van der Waals surface area contributed by atoms with Crippen molar-refractivity contribution < 1.29 is 9.59 Å². The molecule has 0 bridgehead atoms. The number of carbonyl (C=O) groups is 2. The van der Waals surface area contributed by atoms with Gasteiger partial charge in [-0.05, 0) is 36.4 Å². The van der Waals surface area contributed by atoms with Gasteiger partial charge in [0.2, 0.25) is 0 Å². The third kappa shape index (κ3) is 3.13. The Morgan fingerprint density at radius 1 is 0.576 bits per heavy atom. The second kappa shape index (κ2) is 7.40. The van der Waals surface area contributed by atoms with Gasteiger partial charge in [-0.3, -0.25) is 14.9 Å². The number of fused-ring (bicyclic) bond motifs is 2. The van der Waals surface area contributed by atoms with Gasteiger partial charge >= 0.3 is 0 Å². The Labute approximate surface area is 189 Å². The maximum absolute atomic E-state index is 12.9. The lowest BCUT2D eigenvalue weighted by molar-refractivity contribution is -0.122. The molecule has 1 aliphatic rings. The van der Waals surface area contributed by atoms with Crippen LogP contribution in [-0.4, -0.2) is 21.8 Å². The summed E-state index contributed by atoms with van der Waals surface area (Å²) >= 11 is 0. The maximum Gasteiger partial charge on any atom is 0.259 e. The summed E-state index contributed by atoms with van der Waals surface area (Å²) < 4.78 is 0. The number of imide groups is 1. The molecule has 5 aromatic rings. The molecule has 0 saturated heterocycles. The monoisotopic (exact) mass is 427 g/mol. The van der Waals surface area contributed by atoms with Crippen LogP contribution < -0.4 is 5.32 Å². The van der Waals surface area contributed by atoms with Crippen LogP contribution in [0.1, 0.15) is 22.3 Å². The first-order chi connectivity index (χ1) is 16.2. The summed E-state index contributed by atoms with van der Waals surface area (Å²) in [5, 5.41) is 4.21. The van der Waals surface area contributed by atoms with E-state index in [0.29, 0.717) is 22.3 Å². The van der Waals surface area contributed by atoms with Gasteiger partial charge in [0.05, 0.1) is 11.1 Å². The SMILES string of the molecule is O=C1NC(=O)C(c2c[nH]c3ccc(C#Cc4ccccc4)cc23)=C1c1c[nH]c2ccccc12. The Bertz CT molecular complexity index is 1670. The Morgan fingerprint density at radius 2 is 1.18 bits per heavy atom. The van der Waals surface area contributed by atoms with E-state index < -0.39 is 11.8 Å². The summed E-state index contributed by atoms with van der Waals surface area (Å²) in [6.07, 6.45) is 3.56. The van der Waals surface area contributed by atoms with E-state index in [-0.39, 0.29) is 0 Å². The van der Waals surface area contributed by atoms with E-state index in [0.717, 1.165) is 32.9 Å². The highest BCUT2D eigenvalue weighted by molar-refractivity contribution is 6.50. The fourth-order valence-corrected chi connectivity index (χ4v) is 4.32. The van der Waals surface area contributed by atoms with E-state index in [2.05, 4.69) is 27.1 Å². The van der Waals surface area contributed by atoms with Gasteiger partial charge in [0, 0.05) is 56.5 Å². The first kappa shape index (κ1) is 18.9. The average molecular weight is 427 g/mol. The summed E-state index contributed by atoms with van der Waals surface area (Å²) in [4.78, 5) is 32.2. The third-order valence-electron chi connectivity index (χ3n) is 5.87. The Balaban J connectivity index is 1.53. The van der Waals surface area contributed by atoms with E-state index in [1.165, 1.54) is 0 Å². The molecule has 5 heteroatoms. The predicted octanol–water partition coefficient (Wildman–Crippen LogP) is 4.62. The molecule has 0 unspecified atom stereocenters. The van der Waals surface area contributed by atoms with E-state index in [4.69, 9.17) is 0 Å². The number of benzene rings is 3. The van der Waals surface area contributed by atoms with E-state index >= 15 is 0 Å². The van der Waals surface area contributed by atoms with Crippen molar-refractivity contribution in [2.75, 3.05) is 0 Å². The van der Waals surface area contributed by atoms with Crippen molar-refractivity contribution in [3.63, 3.8) is 0 Å². The van der Waals surface area contributed by atoms with Crippen molar-refractivity contribution in [1.82, 2.24) is 15.3 Å². The fraction of sp³-hybridized carbons (Fsp3) is 0. The number of hydrogen-bond acceptors (Lipinski definition) is 2. The highest BCUT2D eigenvalue weighted by Crippen LogP contribution is 2.37. The largest absolute Gasteiger partial charge is 0.361 e. The molecule has 0 saturated carbocycles. The molecule has 3 aromatic carbocycles.